The van der Waals surface area contributed by atoms with Gasteiger partial charge in [-0.3, -0.25) is 4.79 Å². The van der Waals surface area contributed by atoms with Gasteiger partial charge in [-0.15, -0.1) is 0 Å². The van der Waals surface area contributed by atoms with Crippen molar-refractivity contribution in [2.75, 3.05) is 41.0 Å². The zero-order chi connectivity index (χ0) is 20.8. The molecule has 2 atom stereocenters. The summed E-state index contributed by atoms with van der Waals surface area (Å²) in [6, 6.07) is 12.8. The highest BCUT2D eigenvalue weighted by molar-refractivity contribution is 5.77. The van der Waals surface area contributed by atoms with Gasteiger partial charge >= 0.3 is 0 Å². The fraction of sp³-hybridized carbons (Fsp3) is 0.435. The minimum absolute atomic E-state index is 0.0681. The van der Waals surface area contributed by atoms with Crippen LogP contribution in [0.2, 0.25) is 0 Å². The van der Waals surface area contributed by atoms with Crippen molar-refractivity contribution >= 4 is 5.91 Å². The normalized spacial score (nSPS) is 18.1. The highest BCUT2D eigenvalue weighted by Gasteiger charge is 2.33. The van der Waals surface area contributed by atoms with E-state index in [1.165, 1.54) is 34.3 Å². The number of carbonyl (C=O) groups is 1. The molecule has 1 amide bonds. The smallest absolute Gasteiger partial charge is 0.246 e. The van der Waals surface area contributed by atoms with Crippen molar-refractivity contribution in [1.29, 1.82) is 0 Å². The number of rotatable bonds is 8. The van der Waals surface area contributed by atoms with Crippen LogP contribution in [0.15, 0.2) is 36.4 Å². The zero-order valence-electron chi connectivity index (χ0n) is 17.7. The number of benzene rings is 2. The van der Waals surface area contributed by atoms with Gasteiger partial charge in [0.15, 0.2) is 11.5 Å². The number of methoxy groups -OCH3 is 3. The third kappa shape index (κ3) is 4.89. The molecule has 2 aromatic carbocycles. The van der Waals surface area contributed by atoms with Crippen LogP contribution in [0, 0.1) is 6.92 Å². The molecule has 29 heavy (non-hydrogen) atoms. The van der Waals surface area contributed by atoms with Gasteiger partial charge in [0.25, 0.3) is 0 Å². The molecule has 1 heterocycles. The van der Waals surface area contributed by atoms with E-state index >= 15 is 0 Å². The summed E-state index contributed by atoms with van der Waals surface area (Å²) in [6.45, 7) is 4.66. The Labute approximate surface area is 172 Å². The Morgan fingerprint density at radius 1 is 1.14 bits per heavy atom. The van der Waals surface area contributed by atoms with Crippen molar-refractivity contribution in [3.05, 3.63) is 58.7 Å². The Bertz CT molecular complexity index is 853. The number of quaternary nitrogens is 1. The minimum atomic E-state index is -0.102. The molecule has 0 saturated heterocycles. The summed E-state index contributed by atoms with van der Waals surface area (Å²) in [7, 11) is 4.84. The monoisotopic (exact) mass is 399 g/mol. The third-order valence-corrected chi connectivity index (χ3v) is 5.69. The number of carbonyl (C=O) groups excluding carboxylic acids is 1. The first-order valence-corrected chi connectivity index (χ1v) is 9.96. The summed E-state index contributed by atoms with van der Waals surface area (Å²) in [5, 5.41) is 3.03. The van der Waals surface area contributed by atoms with Crippen molar-refractivity contribution in [2.45, 2.75) is 25.9 Å². The molecule has 6 nitrogen and oxygen atoms in total. The van der Waals surface area contributed by atoms with E-state index in [-0.39, 0.29) is 18.6 Å². The predicted octanol–water partition coefficient (Wildman–Crippen LogP) is 1.46. The second-order valence-corrected chi connectivity index (χ2v) is 7.46. The van der Waals surface area contributed by atoms with E-state index in [0.717, 1.165) is 31.0 Å². The van der Waals surface area contributed by atoms with Crippen LogP contribution in [0.4, 0.5) is 0 Å². The molecule has 6 heteroatoms. The first kappa shape index (κ1) is 21.1. The maximum Gasteiger partial charge on any atom is 0.246 e. The Morgan fingerprint density at radius 3 is 2.55 bits per heavy atom. The second kappa shape index (κ2) is 9.76. The molecule has 2 N–H and O–H groups in total. The van der Waals surface area contributed by atoms with Crippen LogP contribution < -0.4 is 19.7 Å². The SMILES string of the molecule is COCC(=O)NC[C@@H]1c2cc(OC)c(OC)cc2CC[NH+]1Cc1ccccc1C. The molecule has 0 fully saturated rings. The van der Waals surface area contributed by atoms with E-state index in [2.05, 4.69) is 48.6 Å². The number of amides is 1. The number of aryl methyl sites for hydroxylation is 1. The molecule has 156 valence electrons. The van der Waals surface area contributed by atoms with E-state index < -0.39 is 0 Å². The topological polar surface area (TPSA) is 61.2 Å². The number of fused-ring (bicyclic) bond motifs is 1. The van der Waals surface area contributed by atoms with E-state index in [1.54, 1.807) is 14.2 Å². The minimum Gasteiger partial charge on any atom is -0.493 e. The maximum atomic E-state index is 12.1. The van der Waals surface area contributed by atoms with Gasteiger partial charge in [-0.25, -0.2) is 0 Å². The van der Waals surface area contributed by atoms with Crippen LogP contribution >= 0.6 is 0 Å². The molecule has 2 aromatic rings. The summed E-state index contributed by atoms with van der Waals surface area (Å²) in [6.07, 6.45) is 0.958. The molecule has 0 saturated carbocycles. The van der Waals surface area contributed by atoms with Gasteiger partial charge in [0.2, 0.25) is 5.91 Å². The lowest BCUT2D eigenvalue weighted by Gasteiger charge is -2.35. The molecule has 1 aliphatic rings. The van der Waals surface area contributed by atoms with Gasteiger partial charge < -0.3 is 24.4 Å². The lowest BCUT2D eigenvalue weighted by Crippen LogP contribution is -3.12. The Hall–Kier alpha value is -2.57. The molecular formula is C23H31N2O4+. The van der Waals surface area contributed by atoms with Crippen molar-refractivity contribution in [3.63, 3.8) is 0 Å². The first-order chi connectivity index (χ1) is 14.1. The maximum absolute atomic E-state index is 12.1. The van der Waals surface area contributed by atoms with Crippen LogP contribution in [0.25, 0.3) is 0 Å². The molecule has 0 aliphatic carbocycles. The molecule has 0 spiro atoms. The quantitative estimate of drug-likeness (QED) is 0.706. The number of ether oxygens (including phenoxy) is 3. The average molecular weight is 400 g/mol. The molecule has 3 rings (SSSR count). The van der Waals surface area contributed by atoms with Gasteiger partial charge in [-0.05, 0) is 30.2 Å². The Kier molecular flexibility index (Phi) is 7.12. The molecule has 1 aliphatic heterocycles. The van der Waals surface area contributed by atoms with Crippen molar-refractivity contribution in [2.24, 2.45) is 0 Å². The highest BCUT2D eigenvalue weighted by Crippen LogP contribution is 2.34. The lowest BCUT2D eigenvalue weighted by molar-refractivity contribution is -0.945. The first-order valence-electron chi connectivity index (χ1n) is 9.96. The molecule has 0 aromatic heterocycles. The highest BCUT2D eigenvalue weighted by atomic mass is 16.5. The predicted molar refractivity (Wildman–Crippen MR) is 112 cm³/mol. The summed E-state index contributed by atoms with van der Waals surface area (Å²) < 4.78 is 16.0. The lowest BCUT2D eigenvalue weighted by atomic mass is 9.91. The van der Waals surface area contributed by atoms with Crippen LogP contribution in [-0.2, 0) is 22.5 Å². The van der Waals surface area contributed by atoms with E-state index in [9.17, 15) is 4.79 Å². The van der Waals surface area contributed by atoms with Crippen LogP contribution in [0.5, 0.6) is 11.5 Å². The Morgan fingerprint density at radius 2 is 1.86 bits per heavy atom. The van der Waals surface area contributed by atoms with Crippen molar-refractivity contribution in [3.8, 4) is 11.5 Å². The van der Waals surface area contributed by atoms with Crippen LogP contribution in [0.1, 0.15) is 28.3 Å². The number of nitrogens with one attached hydrogen (secondary N) is 2. The molecule has 1 unspecified atom stereocenters. The van der Waals surface area contributed by atoms with E-state index in [4.69, 9.17) is 14.2 Å². The van der Waals surface area contributed by atoms with Gasteiger partial charge in [0.1, 0.15) is 19.2 Å². The summed E-state index contributed by atoms with van der Waals surface area (Å²) in [5.74, 6) is 1.36. The van der Waals surface area contributed by atoms with E-state index in [0.29, 0.717) is 6.54 Å². The van der Waals surface area contributed by atoms with Gasteiger partial charge in [0, 0.05) is 24.7 Å². The third-order valence-electron chi connectivity index (χ3n) is 5.69. The number of hydrogen-bond acceptors (Lipinski definition) is 4. The number of hydrogen-bond donors (Lipinski definition) is 2. The van der Waals surface area contributed by atoms with Gasteiger partial charge in [-0.1, -0.05) is 24.3 Å². The van der Waals surface area contributed by atoms with Gasteiger partial charge in [0.05, 0.1) is 27.3 Å². The Balaban J connectivity index is 1.92. The standard InChI is InChI=1S/C23H30N2O4/c1-16-7-5-6-8-18(16)14-25-10-9-17-11-21(28-3)22(29-4)12-19(17)20(25)13-24-23(26)15-27-2/h5-8,11-12,20H,9-10,13-15H2,1-4H3,(H,24,26)/p+1/t20-/m1/s1. The molecule has 0 bridgehead atoms. The fourth-order valence-electron chi connectivity index (χ4n) is 4.08. The molecule has 0 radical (unpaired) electrons. The van der Waals surface area contributed by atoms with E-state index in [1.807, 2.05) is 0 Å². The van der Waals surface area contributed by atoms with Crippen molar-refractivity contribution < 1.29 is 23.9 Å². The zero-order valence-corrected chi connectivity index (χ0v) is 17.7. The molecular weight excluding hydrogens is 368 g/mol. The van der Waals surface area contributed by atoms with Crippen molar-refractivity contribution in [1.82, 2.24) is 5.32 Å². The summed E-state index contributed by atoms with van der Waals surface area (Å²) >= 11 is 0. The second-order valence-electron chi connectivity index (χ2n) is 7.46. The summed E-state index contributed by atoms with van der Waals surface area (Å²) in [5.41, 5.74) is 5.08. The van der Waals surface area contributed by atoms with Crippen LogP contribution in [0.3, 0.4) is 0 Å². The summed E-state index contributed by atoms with van der Waals surface area (Å²) in [4.78, 5) is 13.5. The largest absolute Gasteiger partial charge is 0.493 e. The fourth-order valence-corrected chi connectivity index (χ4v) is 4.08. The van der Waals surface area contributed by atoms with Crippen LogP contribution in [-0.4, -0.2) is 46.9 Å². The average Bonchev–Trinajstić information content (AvgIpc) is 2.73. The van der Waals surface area contributed by atoms with Gasteiger partial charge in [-0.2, -0.15) is 0 Å².